The van der Waals surface area contributed by atoms with Crippen LogP contribution in [0.2, 0.25) is 0 Å². The molecule has 172 valence electrons. The fourth-order valence-electron chi connectivity index (χ4n) is 7.22. The molecule has 6 rings (SSSR count). The predicted octanol–water partition coefficient (Wildman–Crippen LogP) is 3.61. The summed E-state index contributed by atoms with van der Waals surface area (Å²) in [6.45, 7) is 5.75. The Bertz CT molecular complexity index is 1060. The van der Waals surface area contributed by atoms with Gasteiger partial charge in [0, 0.05) is 42.4 Å². The summed E-state index contributed by atoms with van der Waals surface area (Å²) >= 11 is 6.02. The number of rotatable bonds is 5. The third-order valence-electron chi connectivity index (χ3n) is 8.86. The molecule has 0 spiro atoms. The fourth-order valence-corrected chi connectivity index (χ4v) is 9.15. The van der Waals surface area contributed by atoms with E-state index in [9.17, 15) is 8.42 Å². The SMILES string of the molecule is CC1(C)C(=S)N(C2C3CC4CC2CC(S(C)(=O)=O)(C4)C3)CC1COc1ccc(C#N)cn1. The van der Waals surface area contributed by atoms with Crippen LogP contribution < -0.4 is 4.74 Å². The first-order chi connectivity index (χ1) is 15.0. The van der Waals surface area contributed by atoms with Gasteiger partial charge >= 0.3 is 0 Å². The zero-order valence-corrected chi connectivity index (χ0v) is 20.6. The van der Waals surface area contributed by atoms with Gasteiger partial charge in [-0.3, -0.25) is 0 Å². The number of nitriles is 1. The van der Waals surface area contributed by atoms with Gasteiger partial charge in [0.2, 0.25) is 5.88 Å². The highest BCUT2D eigenvalue weighted by atomic mass is 32.2. The van der Waals surface area contributed by atoms with Crippen molar-refractivity contribution >= 4 is 27.0 Å². The molecule has 4 bridgehead atoms. The van der Waals surface area contributed by atoms with Crippen molar-refractivity contribution in [2.45, 2.75) is 56.7 Å². The molecule has 0 radical (unpaired) electrons. The molecule has 5 aliphatic rings. The molecule has 1 aromatic heterocycles. The first kappa shape index (κ1) is 22.1. The summed E-state index contributed by atoms with van der Waals surface area (Å²) in [5, 5.41) is 8.95. The van der Waals surface area contributed by atoms with E-state index in [-0.39, 0.29) is 11.3 Å². The number of thiocarbonyl (C=S) groups is 1. The van der Waals surface area contributed by atoms with Crippen molar-refractivity contribution in [1.82, 2.24) is 9.88 Å². The second-order valence-corrected chi connectivity index (χ2v) is 13.9. The van der Waals surface area contributed by atoms with Crippen LogP contribution in [0.15, 0.2) is 18.3 Å². The van der Waals surface area contributed by atoms with Gasteiger partial charge in [0.25, 0.3) is 0 Å². The smallest absolute Gasteiger partial charge is 0.213 e. The third kappa shape index (κ3) is 3.35. The van der Waals surface area contributed by atoms with Crippen molar-refractivity contribution in [3.8, 4) is 11.9 Å². The lowest BCUT2D eigenvalue weighted by atomic mass is 9.53. The molecular weight excluding hydrogens is 442 g/mol. The average Bonchev–Trinajstić information content (AvgIpc) is 2.94. The van der Waals surface area contributed by atoms with E-state index < -0.39 is 14.6 Å². The lowest BCUT2D eigenvalue weighted by molar-refractivity contribution is -0.0326. The number of likely N-dealkylation sites (tertiary alicyclic amines) is 1. The van der Waals surface area contributed by atoms with E-state index in [4.69, 9.17) is 22.2 Å². The maximum atomic E-state index is 12.7. The summed E-state index contributed by atoms with van der Waals surface area (Å²) in [7, 11) is -3.06. The lowest BCUT2D eigenvalue weighted by Crippen LogP contribution is -2.64. The number of aromatic nitrogens is 1. The lowest BCUT2D eigenvalue weighted by Gasteiger charge is -2.61. The highest BCUT2D eigenvalue weighted by Crippen LogP contribution is 2.60. The third-order valence-corrected chi connectivity index (χ3v) is 11.7. The summed E-state index contributed by atoms with van der Waals surface area (Å²) in [6.07, 6.45) is 7.68. The second-order valence-electron chi connectivity index (χ2n) is 11.1. The topological polar surface area (TPSA) is 83.3 Å². The fraction of sp³-hybridized carbons (Fsp3) is 0.708. The predicted molar refractivity (Wildman–Crippen MR) is 126 cm³/mol. The number of hydrogen-bond acceptors (Lipinski definition) is 6. The highest BCUT2D eigenvalue weighted by molar-refractivity contribution is 7.92. The van der Waals surface area contributed by atoms with Gasteiger partial charge < -0.3 is 9.64 Å². The number of nitrogens with zero attached hydrogens (tertiary/aromatic N) is 3. The first-order valence-electron chi connectivity index (χ1n) is 11.5. The van der Waals surface area contributed by atoms with Gasteiger partial charge in [-0.05, 0) is 55.9 Å². The number of sulfone groups is 1. The van der Waals surface area contributed by atoms with Crippen LogP contribution in [-0.2, 0) is 9.84 Å². The molecule has 5 fully saturated rings. The van der Waals surface area contributed by atoms with Crippen molar-refractivity contribution in [3.63, 3.8) is 0 Å². The van der Waals surface area contributed by atoms with Crippen molar-refractivity contribution in [1.29, 1.82) is 5.26 Å². The number of pyridine rings is 1. The summed E-state index contributed by atoms with van der Waals surface area (Å²) in [6, 6.07) is 5.87. The van der Waals surface area contributed by atoms with Crippen LogP contribution in [0.5, 0.6) is 5.88 Å². The summed E-state index contributed by atoms with van der Waals surface area (Å²) in [5.74, 6) is 2.11. The molecule has 1 aliphatic heterocycles. The van der Waals surface area contributed by atoms with Gasteiger partial charge in [-0.1, -0.05) is 26.1 Å². The normalized spacial score (nSPS) is 37.5. The summed E-state index contributed by atoms with van der Waals surface area (Å²) in [4.78, 5) is 7.66. The number of hydrogen-bond donors (Lipinski definition) is 0. The minimum atomic E-state index is -3.06. The Hall–Kier alpha value is -1.72. The van der Waals surface area contributed by atoms with Crippen LogP contribution in [0.4, 0.5) is 0 Å². The van der Waals surface area contributed by atoms with E-state index >= 15 is 0 Å². The standard InChI is InChI=1S/C24H31N3O3S2/c1-23(2)19(14-30-20-5-4-15(11-25)12-26-20)13-27(22(23)31)21-17-6-16-7-18(21)10-24(8-16,9-17)32(3,28)29/h4-5,12,16-19,21H,6-10,13-14H2,1-3H3. The van der Waals surface area contributed by atoms with Crippen molar-refractivity contribution in [2.24, 2.45) is 29.1 Å². The Morgan fingerprint density at radius 3 is 2.50 bits per heavy atom. The zero-order valence-electron chi connectivity index (χ0n) is 19.0. The molecule has 6 nitrogen and oxygen atoms in total. The van der Waals surface area contributed by atoms with Crippen molar-refractivity contribution in [3.05, 3.63) is 23.9 Å². The van der Waals surface area contributed by atoms with Crippen LogP contribution >= 0.6 is 12.2 Å². The Balaban J connectivity index is 1.33. The molecule has 3 atom stereocenters. The summed E-state index contributed by atoms with van der Waals surface area (Å²) < 4.78 is 30.9. The van der Waals surface area contributed by atoms with E-state index in [1.54, 1.807) is 12.1 Å². The monoisotopic (exact) mass is 473 g/mol. The van der Waals surface area contributed by atoms with E-state index in [0.29, 0.717) is 41.8 Å². The molecule has 32 heavy (non-hydrogen) atoms. The van der Waals surface area contributed by atoms with E-state index in [2.05, 4.69) is 29.8 Å². The van der Waals surface area contributed by atoms with E-state index in [1.165, 1.54) is 12.5 Å². The molecule has 2 heterocycles. The van der Waals surface area contributed by atoms with Gasteiger partial charge in [-0.2, -0.15) is 5.26 Å². The highest BCUT2D eigenvalue weighted by Gasteiger charge is 2.62. The number of ether oxygens (including phenoxy) is 1. The van der Waals surface area contributed by atoms with Gasteiger partial charge in [0.1, 0.15) is 6.07 Å². The first-order valence-corrected chi connectivity index (χ1v) is 13.8. The minimum Gasteiger partial charge on any atom is -0.477 e. The van der Waals surface area contributed by atoms with Gasteiger partial charge in [0.05, 0.1) is 21.9 Å². The van der Waals surface area contributed by atoms with Crippen molar-refractivity contribution < 1.29 is 13.2 Å². The van der Waals surface area contributed by atoms with E-state index in [0.717, 1.165) is 43.6 Å². The Morgan fingerprint density at radius 2 is 1.94 bits per heavy atom. The molecule has 0 aromatic carbocycles. The van der Waals surface area contributed by atoms with Crippen LogP contribution in [0.3, 0.4) is 0 Å². The maximum absolute atomic E-state index is 12.7. The minimum absolute atomic E-state index is 0.175. The van der Waals surface area contributed by atoms with Crippen LogP contribution in [-0.4, -0.2) is 53.5 Å². The quantitative estimate of drug-likeness (QED) is 0.604. The summed E-state index contributed by atoms with van der Waals surface area (Å²) in [5.41, 5.74) is 0.338. The van der Waals surface area contributed by atoms with Crippen molar-refractivity contribution in [2.75, 3.05) is 19.4 Å². The Labute approximate surface area is 196 Å². The largest absolute Gasteiger partial charge is 0.477 e. The molecule has 0 amide bonds. The van der Waals surface area contributed by atoms with Gasteiger partial charge in [-0.25, -0.2) is 13.4 Å². The molecule has 8 heteroatoms. The zero-order chi connectivity index (χ0) is 22.9. The van der Waals surface area contributed by atoms with Crippen LogP contribution in [0.1, 0.15) is 51.5 Å². The molecular formula is C24H31N3O3S2. The van der Waals surface area contributed by atoms with E-state index in [1.807, 2.05) is 0 Å². The molecule has 1 aromatic rings. The molecule has 1 saturated heterocycles. The Morgan fingerprint density at radius 1 is 1.25 bits per heavy atom. The molecule has 0 N–H and O–H groups in total. The Kier molecular flexibility index (Phi) is 5.10. The van der Waals surface area contributed by atoms with Crippen LogP contribution in [0, 0.1) is 40.4 Å². The van der Waals surface area contributed by atoms with Gasteiger partial charge in [0.15, 0.2) is 9.84 Å². The second kappa shape index (κ2) is 7.39. The van der Waals surface area contributed by atoms with Crippen LogP contribution in [0.25, 0.3) is 0 Å². The molecule has 3 unspecified atom stereocenters. The molecule has 4 saturated carbocycles. The maximum Gasteiger partial charge on any atom is 0.213 e. The average molecular weight is 474 g/mol. The molecule has 4 aliphatic carbocycles. The van der Waals surface area contributed by atoms with Gasteiger partial charge in [-0.15, -0.1) is 0 Å².